The minimum Gasteiger partial charge on any atom is -0.487 e. The highest BCUT2D eigenvalue weighted by Crippen LogP contribution is 2.24. The SMILES string of the molecule is C=C(C)COc1ccccc1NC(=O)CNc1cccc(Br)c1. The topological polar surface area (TPSA) is 50.4 Å². The van der Waals surface area contributed by atoms with Crippen molar-refractivity contribution in [1.82, 2.24) is 0 Å². The van der Waals surface area contributed by atoms with E-state index in [1.165, 1.54) is 0 Å². The van der Waals surface area contributed by atoms with E-state index in [0.717, 1.165) is 15.7 Å². The predicted molar refractivity (Wildman–Crippen MR) is 98.0 cm³/mol. The second-order valence-corrected chi connectivity index (χ2v) is 6.07. The number of hydrogen-bond acceptors (Lipinski definition) is 3. The summed E-state index contributed by atoms with van der Waals surface area (Å²) in [7, 11) is 0. The van der Waals surface area contributed by atoms with Crippen LogP contribution in [-0.2, 0) is 4.79 Å². The number of rotatable bonds is 7. The lowest BCUT2D eigenvalue weighted by Gasteiger charge is -2.13. The highest BCUT2D eigenvalue weighted by molar-refractivity contribution is 9.10. The van der Waals surface area contributed by atoms with E-state index in [9.17, 15) is 4.79 Å². The zero-order valence-electron chi connectivity index (χ0n) is 12.9. The van der Waals surface area contributed by atoms with Crippen molar-refractivity contribution >= 4 is 33.2 Å². The Morgan fingerprint density at radius 2 is 2.00 bits per heavy atom. The van der Waals surface area contributed by atoms with Crippen LogP contribution in [0, 0.1) is 0 Å². The van der Waals surface area contributed by atoms with E-state index in [2.05, 4.69) is 33.1 Å². The summed E-state index contributed by atoms with van der Waals surface area (Å²) in [6.45, 7) is 6.29. The van der Waals surface area contributed by atoms with Gasteiger partial charge in [0, 0.05) is 10.2 Å². The van der Waals surface area contributed by atoms with Gasteiger partial charge >= 0.3 is 0 Å². The second kappa shape index (κ2) is 8.39. The molecule has 0 atom stereocenters. The molecule has 0 spiro atoms. The molecule has 0 heterocycles. The second-order valence-electron chi connectivity index (χ2n) is 5.15. The molecular formula is C18H19BrN2O2. The molecule has 2 aromatic rings. The Hall–Kier alpha value is -2.27. The number of carbonyl (C=O) groups is 1. The maximum absolute atomic E-state index is 12.1. The van der Waals surface area contributed by atoms with Crippen molar-refractivity contribution in [1.29, 1.82) is 0 Å². The number of hydrogen-bond donors (Lipinski definition) is 2. The van der Waals surface area contributed by atoms with Gasteiger partial charge in [0.15, 0.2) is 0 Å². The number of nitrogens with one attached hydrogen (secondary N) is 2. The molecule has 0 fully saturated rings. The van der Waals surface area contributed by atoms with Crippen LogP contribution >= 0.6 is 15.9 Å². The molecule has 0 aliphatic heterocycles. The Morgan fingerprint density at radius 3 is 2.74 bits per heavy atom. The van der Waals surface area contributed by atoms with Crippen molar-refractivity contribution in [3.05, 3.63) is 65.2 Å². The van der Waals surface area contributed by atoms with Gasteiger partial charge in [-0.3, -0.25) is 4.79 Å². The van der Waals surface area contributed by atoms with Crippen LogP contribution in [0.3, 0.4) is 0 Å². The molecular weight excluding hydrogens is 356 g/mol. The summed E-state index contributed by atoms with van der Waals surface area (Å²) < 4.78 is 6.60. The highest BCUT2D eigenvalue weighted by atomic mass is 79.9. The van der Waals surface area contributed by atoms with Crippen LogP contribution in [-0.4, -0.2) is 19.1 Å². The van der Waals surface area contributed by atoms with E-state index in [0.29, 0.717) is 18.0 Å². The quantitative estimate of drug-likeness (QED) is 0.703. The van der Waals surface area contributed by atoms with E-state index >= 15 is 0 Å². The Kier molecular flexibility index (Phi) is 6.23. The molecule has 0 radical (unpaired) electrons. The third-order valence-electron chi connectivity index (χ3n) is 2.91. The highest BCUT2D eigenvalue weighted by Gasteiger charge is 2.07. The number of amides is 1. The van der Waals surface area contributed by atoms with Crippen molar-refractivity contribution < 1.29 is 9.53 Å². The van der Waals surface area contributed by atoms with Gasteiger partial charge < -0.3 is 15.4 Å². The summed E-state index contributed by atoms with van der Waals surface area (Å²) in [5.74, 6) is 0.489. The first-order valence-corrected chi connectivity index (χ1v) is 7.99. The Bertz CT molecular complexity index is 701. The summed E-state index contributed by atoms with van der Waals surface area (Å²) in [5, 5.41) is 5.93. The van der Waals surface area contributed by atoms with Gasteiger partial charge in [0.2, 0.25) is 5.91 Å². The Balaban J connectivity index is 1.93. The summed E-state index contributed by atoms with van der Waals surface area (Å²) in [6, 6.07) is 15.0. The van der Waals surface area contributed by atoms with Gasteiger partial charge in [0.1, 0.15) is 12.4 Å². The van der Waals surface area contributed by atoms with E-state index in [-0.39, 0.29) is 12.5 Å². The van der Waals surface area contributed by atoms with E-state index in [1.54, 1.807) is 0 Å². The fourth-order valence-electron chi connectivity index (χ4n) is 1.87. The summed E-state index contributed by atoms with van der Waals surface area (Å²) in [4.78, 5) is 12.1. The molecule has 2 aromatic carbocycles. The molecule has 0 bridgehead atoms. The van der Waals surface area contributed by atoms with E-state index in [1.807, 2.05) is 55.5 Å². The molecule has 0 unspecified atom stereocenters. The lowest BCUT2D eigenvalue weighted by Crippen LogP contribution is -2.22. The molecule has 1 amide bonds. The molecule has 0 saturated carbocycles. The molecule has 2 N–H and O–H groups in total. The first-order chi connectivity index (χ1) is 11.0. The van der Waals surface area contributed by atoms with Gasteiger partial charge in [-0.05, 0) is 42.8 Å². The Labute approximate surface area is 144 Å². The number of ether oxygens (including phenoxy) is 1. The van der Waals surface area contributed by atoms with Crippen molar-refractivity contribution in [2.45, 2.75) is 6.92 Å². The first-order valence-electron chi connectivity index (χ1n) is 7.20. The third kappa shape index (κ3) is 5.79. The average Bonchev–Trinajstić information content (AvgIpc) is 2.52. The fraction of sp³-hybridized carbons (Fsp3) is 0.167. The van der Waals surface area contributed by atoms with Gasteiger partial charge in [-0.1, -0.05) is 40.7 Å². The molecule has 0 aliphatic rings. The number of carbonyl (C=O) groups excluding carboxylic acids is 1. The monoisotopic (exact) mass is 374 g/mol. The van der Waals surface area contributed by atoms with E-state index < -0.39 is 0 Å². The van der Waals surface area contributed by atoms with Crippen LogP contribution in [0.25, 0.3) is 0 Å². The minimum absolute atomic E-state index is 0.142. The normalized spacial score (nSPS) is 10.0. The van der Waals surface area contributed by atoms with E-state index in [4.69, 9.17) is 4.74 Å². The van der Waals surface area contributed by atoms with Crippen LogP contribution in [0.4, 0.5) is 11.4 Å². The third-order valence-corrected chi connectivity index (χ3v) is 3.41. The summed E-state index contributed by atoms with van der Waals surface area (Å²) in [5.41, 5.74) is 2.44. The van der Waals surface area contributed by atoms with Crippen molar-refractivity contribution in [3.63, 3.8) is 0 Å². The largest absolute Gasteiger partial charge is 0.487 e. The number of anilines is 2. The van der Waals surface area contributed by atoms with Crippen LogP contribution in [0.5, 0.6) is 5.75 Å². The minimum atomic E-state index is -0.142. The van der Waals surface area contributed by atoms with Crippen LogP contribution in [0.2, 0.25) is 0 Å². The lowest BCUT2D eigenvalue weighted by atomic mass is 10.3. The van der Waals surface area contributed by atoms with Crippen LogP contribution in [0.1, 0.15) is 6.92 Å². The van der Waals surface area contributed by atoms with Crippen LogP contribution in [0.15, 0.2) is 65.2 Å². The number of halogens is 1. The van der Waals surface area contributed by atoms with Gasteiger partial charge in [0.05, 0.1) is 12.2 Å². The number of benzene rings is 2. The maximum atomic E-state index is 12.1. The first kappa shape index (κ1) is 17.1. The zero-order chi connectivity index (χ0) is 16.7. The Morgan fingerprint density at radius 1 is 1.22 bits per heavy atom. The molecule has 2 rings (SSSR count). The van der Waals surface area contributed by atoms with Gasteiger partial charge in [-0.2, -0.15) is 0 Å². The number of para-hydroxylation sites is 2. The van der Waals surface area contributed by atoms with Gasteiger partial charge in [0.25, 0.3) is 0 Å². The molecule has 0 aliphatic carbocycles. The van der Waals surface area contributed by atoms with Crippen LogP contribution < -0.4 is 15.4 Å². The molecule has 5 heteroatoms. The lowest BCUT2D eigenvalue weighted by molar-refractivity contribution is -0.114. The maximum Gasteiger partial charge on any atom is 0.243 e. The van der Waals surface area contributed by atoms with Crippen molar-refractivity contribution in [2.24, 2.45) is 0 Å². The fourth-order valence-corrected chi connectivity index (χ4v) is 2.27. The van der Waals surface area contributed by atoms with Gasteiger partial charge in [-0.25, -0.2) is 0 Å². The van der Waals surface area contributed by atoms with Crippen molar-refractivity contribution in [2.75, 3.05) is 23.8 Å². The average molecular weight is 375 g/mol. The molecule has 0 aromatic heterocycles. The smallest absolute Gasteiger partial charge is 0.243 e. The van der Waals surface area contributed by atoms with Crippen molar-refractivity contribution in [3.8, 4) is 5.75 Å². The summed E-state index contributed by atoms with van der Waals surface area (Å²) in [6.07, 6.45) is 0. The predicted octanol–water partition coefficient (Wildman–Crippen LogP) is 4.45. The molecule has 0 saturated heterocycles. The molecule has 4 nitrogen and oxygen atoms in total. The molecule has 23 heavy (non-hydrogen) atoms. The summed E-state index contributed by atoms with van der Waals surface area (Å²) >= 11 is 3.40. The van der Waals surface area contributed by atoms with Gasteiger partial charge in [-0.15, -0.1) is 0 Å². The standard InChI is InChI=1S/C18H19BrN2O2/c1-13(2)12-23-17-9-4-3-8-16(17)21-18(22)11-20-15-7-5-6-14(19)10-15/h3-10,20H,1,11-12H2,2H3,(H,21,22). The zero-order valence-corrected chi connectivity index (χ0v) is 14.5. The molecule has 120 valence electrons.